The highest BCUT2D eigenvalue weighted by Gasteiger charge is 2.52. The maximum absolute atomic E-state index is 11.9. The Morgan fingerprint density at radius 1 is 0.452 bits per heavy atom. The summed E-state index contributed by atoms with van der Waals surface area (Å²) in [5.41, 5.74) is 9.40. The van der Waals surface area contributed by atoms with Crippen molar-refractivity contribution in [2.24, 2.45) is 0 Å². The van der Waals surface area contributed by atoms with Crippen LogP contribution < -0.4 is 9.80 Å². The Bertz CT molecular complexity index is 2720. The zero-order valence-electron chi connectivity index (χ0n) is 35.4. The molecule has 1 aliphatic rings. The van der Waals surface area contributed by atoms with Crippen molar-refractivity contribution in [2.45, 2.75) is 63.6 Å². The standard InChI is InChI=1S/C56H54N2O4/c1-3-5-33-57(34-6-4-2)41-27-31-45-39(35-41)25-29-47(53(45)59)51-55(61)52(56(51)62)48-30-26-40-36-42(28-32-46(40)54(48)60)58(49-23-15-13-21-43(49)37-17-9-7-10-18-37)50-24-16-14-22-44(50)38-19-11-8-12-20-38/h7-32,35-36,51-52,55-56,59-62H,3-6,33-34H2,1-2H3. The van der Waals surface area contributed by atoms with Crippen LogP contribution in [0.25, 0.3) is 43.8 Å². The fourth-order valence-electron chi connectivity index (χ4n) is 9.49. The quantitative estimate of drug-likeness (QED) is 0.0874. The number of para-hydroxylation sites is 2. The second-order valence-corrected chi connectivity index (χ2v) is 16.6. The number of hydrogen-bond acceptors (Lipinski definition) is 6. The number of phenolic OH excluding ortho intramolecular Hbond substituents is 2. The second-order valence-electron chi connectivity index (χ2n) is 16.6. The van der Waals surface area contributed by atoms with Gasteiger partial charge in [0.05, 0.1) is 23.6 Å². The zero-order chi connectivity index (χ0) is 42.7. The maximum Gasteiger partial charge on any atom is 0.127 e. The Kier molecular flexibility index (Phi) is 11.7. The highest BCUT2D eigenvalue weighted by molar-refractivity contribution is 5.98. The first-order chi connectivity index (χ1) is 30.4. The van der Waals surface area contributed by atoms with Crippen molar-refractivity contribution >= 4 is 44.3 Å². The predicted octanol–water partition coefficient (Wildman–Crippen LogP) is 13.2. The van der Waals surface area contributed by atoms with E-state index in [4.69, 9.17) is 0 Å². The molecule has 0 aliphatic heterocycles. The smallest absolute Gasteiger partial charge is 0.127 e. The van der Waals surface area contributed by atoms with Gasteiger partial charge in [0.25, 0.3) is 0 Å². The van der Waals surface area contributed by atoms with Gasteiger partial charge in [-0.05, 0) is 83.3 Å². The van der Waals surface area contributed by atoms with Crippen LogP contribution >= 0.6 is 0 Å². The van der Waals surface area contributed by atoms with Crippen LogP contribution in [0, 0.1) is 0 Å². The van der Waals surface area contributed by atoms with Gasteiger partial charge in [-0.15, -0.1) is 0 Å². The van der Waals surface area contributed by atoms with E-state index in [2.05, 4.69) is 139 Å². The molecular weight excluding hydrogens is 765 g/mol. The average Bonchev–Trinajstić information content (AvgIpc) is 3.32. The van der Waals surface area contributed by atoms with Crippen molar-refractivity contribution in [2.75, 3.05) is 22.9 Å². The molecule has 0 aromatic heterocycles. The number of aliphatic hydroxyl groups is 2. The van der Waals surface area contributed by atoms with Gasteiger partial charge < -0.3 is 30.2 Å². The fourth-order valence-corrected chi connectivity index (χ4v) is 9.49. The molecule has 8 aromatic rings. The third-order valence-corrected chi connectivity index (χ3v) is 12.8. The first kappa shape index (κ1) is 40.8. The van der Waals surface area contributed by atoms with E-state index in [1.807, 2.05) is 54.6 Å². The van der Waals surface area contributed by atoms with Crippen molar-refractivity contribution in [1.82, 2.24) is 0 Å². The van der Waals surface area contributed by atoms with Crippen LogP contribution in [-0.4, -0.2) is 45.7 Å². The zero-order valence-corrected chi connectivity index (χ0v) is 35.4. The number of anilines is 4. The van der Waals surface area contributed by atoms with Gasteiger partial charge in [-0.1, -0.05) is 148 Å². The summed E-state index contributed by atoms with van der Waals surface area (Å²) in [4.78, 5) is 4.70. The van der Waals surface area contributed by atoms with Crippen molar-refractivity contribution < 1.29 is 20.4 Å². The molecule has 8 aromatic carbocycles. The number of nitrogens with zero attached hydrogens (tertiary/aromatic N) is 2. The number of benzene rings is 8. The summed E-state index contributed by atoms with van der Waals surface area (Å²) in [6.45, 7) is 6.39. The van der Waals surface area contributed by atoms with Gasteiger partial charge in [0.1, 0.15) is 11.5 Å². The van der Waals surface area contributed by atoms with Crippen molar-refractivity contribution in [3.63, 3.8) is 0 Å². The van der Waals surface area contributed by atoms with Crippen LogP contribution in [0.1, 0.15) is 62.5 Å². The number of aromatic hydroxyl groups is 2. The summed E-state index contributed by atoms with van der Waals surface area (Å²) in [6, 6.07) is 57.4. The molecule has 6 nitrogen and oxygen atoms in total. The molecule has 1 fully saturated rings. The third-order valence-electron chi connectivity index (χ3n) is 12.8. The molecule has 0 heterocycles. The van der Waals surface area contributed by atoms with Crippen LogP contribution in [0.15, 0.2) is 170 Å². The normalized spacial score (nSPS) is 17.2. The monoisotopic (exact) mass is 818 g/mol. The van der Waals surface area contributed by atoms with Crippen molar-refractivity contribution in [3.05, 3.63) is 181 Å². The van der Waals surface area contributed by atoms with Gasteiger partial charge in [0.15, 0.2) is 0 Å². The molecule has 312 valence electrons. The summed E-state index contributed by atoms with van der Waals surface area (Å²) in [6.07, 6.45) is 2.44. The summed E-state index contributed by atoms with van der Waals surface area (Å²) >= 11 is 0. The Balaban J connectivity index is 1.05. The van der Waals surface area contributed by atoms with Crippen LogP contribution in [0.3, 0.4) is 0 Å². The topological polar surface area (TPSA) is 87.4 Å². The molecule has 0 bridgehead atoms. The van der Waals surface area contributed by atoms with Crippen LogP contribution in [0.2, 0.25) is 0 Å². The molecule has 6 heteroatoms. The maximum atomic E-state index is 11.9. The third kappa shape index (κ3) is 7.55. The van der Waals surface area contributed by atoms with Gasteiger partial charge >= 0.3 is 0 Å². The SMILES string of the molecule is CCCCN(CCCC)c1ccc2c(O)c(C3C(O)C(c4ccc5cc(N(c6ccccc6-c6ccccc6)c6ccccc6-c6ccccc6)ccc5c4O)C3O)ccc2c1. The van der Waals surface area contributed by atoms with Gasteiger partial charge in [0, 0.05) is 69.3 Å². The average molecular weight is 819 g/mol. The fraction of sp³-hybridized carbons (Fsp3) is 0.214. The van der Waals surface area contributed by atoms with E-state index in [9.17, 15) is 20.4 Å². The molecule has 0 radical (unpaired) electrons. The van der Waals surface area contributed by atoms with Crippen LogP contribution in [0.5, 0.6) is 11.5 Å². The molecule has 0 amide bonds. The number of aliphatic hydroxyl groups excluding tert-OH is 2. The first-order valence-electron chi connectivity index (χ1n) is 22.1. The number of hydrogen-bond donors (Lipinski definition) is 4. The first-order valence-corrected chi connectivity index (χ1v) is 22.1. The highest BCUT2D eigenvalue weighted by atomic mass is 16.3. The molecule has 1 aliphatic carbocycles. The molecular formula is C56H54N2O4. The van der Waals surface area contributed by atoms with Gasteiger partial charge in [0.2, 0.25) is 0 Å². The molecule has 1 saturated carbocycles. The lowest BCUT2D eigenvalue weighted by atomic mass is 9.62. The summed E-state index contributed by atoms with van der Waals surface area (Å²) in [7, 11) is 0. The lowest BCUT2D eigenvalue weighted by molar-refractivity contribution is -0.0796. The van der Waals surface area contributed by atoms with Crippen LogP contribution in [-0.2, 0) is 0 Å². The number of phenols is 2. The predicted molar refractivity (Wildman–Crippen MR) is 256 cm³/mol. The lowest BCUT2D eigenvalue weighted by Gasteiger charge is -2.47. The van der Waals surface area contributed by atoms with E-state index in [0.717, 1.165) is 94.5 Å². The van der Waals surface area contributed by atoms with E-state index in [0.29, 0.717) is 21.9 Å². The molecule has 4 N–H and O–H groups in total. The van der Waals surface area contributed by atoms with Gasteiger partial charge in [-0.3, -0.25) is 0 Å². The largest absolute Gasteiger partial charge is 0.507 e. The molecule has 0 spiro atoms. The van der Waals surface area contributed by atoms with E-state index in [1.54, 1.807) is 0 Å². The minimum Gasteiger partial charge on any atom is -0.507 e. The summed E-state index contributed by atoms with van der Waals surface area (Å²) < 4.78 is 0. The van der Waals surface area contributed by atoms with Gasteiger partial charge in [-0.25, -0.2) is 0 Å². The highest BCUT2D eigenvalue weighted by Crippen LogP contribution is 2.54. The molecule has 2 atom stereocenters. The Labute approximate surface area is 364 Å². The number of rotatable bonds is 14. The molecule has 9 rings (SSSR count). The summed E-state index contributed by atoms with van der Waals surface area (Å²) in [5.74, 6) is -1.34. The number of fused-ring (bicyclic) bond motifs is 2. The number of unbranched alkanes of at least 4 members (excludes halogenated alkanes) is 2. The minimum absolute atomic E-state index is 0.0301. The van der Waals surface area contributed by atoms with Crippen molar-refractivity contribution in [3.8, 4) is 33.8 Å². The van der Waals surface area contributed by atoms with E-state index < -0.39 is 24.0 Å². The van der Waals surface area contributed by atoms with E-state index in [-0.39, 0.29) is 11.5 Å². The Hall–Kier alpha value is -6.60. The van der Waals surface area contributed by atoms with E-state index in [1.165, 1.54) is 0 Å². The lowest BCUT2D eigenvalue weighted by Crippen LogP contribution is -2.51. The molecule has 2 unspecified atom stereocenters. The van der Waals surface area contributed by atoms with Crippen LogP contribution in [0.4, 0.5) is 22.7 Å². The van der Waals surface area contributed by atoms with E-state index >= 15 is 0 Å². The molecule has 62 heavy (non-hydrogen) atoms. The summed E-state index contributed by atoms with van der Waals surface area (Å²) in [5, 5.41) is 50.0. The Morgan fingerprint density at radius 2 is 0.871 bits per heavy atom. The van der Waals surface area contributed by atoms with Crippen molar-refractivity contribution in [1.29, 1.82) is 0 Å². The minimum atomic E-state index is -1.02. The molecule has 0 saturated heterocycles. The Morgan fingerprint density at radius 3 is 1.34 bits per heavy atom. The van der Waals surface area contributed by atoms with Gasteiger partial charge in [-0.2, -0.15) is 0 Å². The second kappa shape index (κ2) is 17.8.